The lowest BCUT2D eigenvalue weighted by molar-refractivity contribution is 0.795. The van der Waals surface area contributed by atoms with E-state index in [9.17, 15) is 0 Å². The fourth-order valence-electron chi connectivity index (χ4n) is 2.53. The Balaban J connectivity index is 1.41. The van der Waals surface area contributed by atoms with Gasteiger partial charge in [0, 0.05) is 22.4 Å². The Morgan fingerprint density at radius 1 is 0.692 bits per heavy atom. The normalized spacial score (nSPS) is 23.6. The number of rotatable bonds is 2. The van der Waals surface area contributed by atoms with E-state index in [0.29, 0.717) is 10.0 Å². The molecule has 0 saturated heterocycles. The van der Waals surface area contributed by atoms with Crippen molar-refractivity contribution in [2.24, 2.45) is 9.98 Å². The summed E-state index contributed by atoms with van der Waals surface area (Å²) in [4.78, 5) is 13.8. The van der Waals surface area contributed by atoms with Gasteiger partial charge in [-0.25, -0.2) is 9.98 Å². The van der Waals surface area contributed by atoms with Crippen molar-refractivity contribution < 1.29 is 0 Å². The van der Waals surface area contributed by atoms with E-state index in [1.807, 2.05) is 60.9 Å². The molecule has 3 aliphatic heterocycles. The van der Waals surface area contributed by atoms with E-state index in [4.69, 9.17) is 33.2 Å². The van der Waals surface area contributed by atoms with Crippen LogP contribution in [0, 0.1) is 0 Å². The molecule has 2 aromatic carbocycles. The van der Waals surface area contributed by atoms with Crippen molar-refractivity contribution in [1.29, 1.82) is 0 Å². The molecule has 0 aliphatic carbocycles. The molecule has 0 fully saturated rings. The van der Waals surface area contributed by atoms with Crippen LogP contribution in [0.15, 0.2) is 70.9 Å². The van der Waals surface area contributed by atoms with Crippen molar-refractivity contribution in [2.75, 3.05) is 0 Å². The van der Waals surface area contributed by atoms with Crippen molar-refractivity contribution in [2.45, 2.75) is 0 Å². The zero-order valence-corrected chi connectivity index (χ0v) is 17.0. The summed E-state index contributed by atoms with van der Waals surface area (Å²) in [5, 5.41) is 4.59. The molecule has 0 bridgehead atoms. The first-order chi connectivity index (χ1) is 12.7. The minimum atomic E-state index is -0.0562. The highest BCUT2D eigenvalue weighted by Crippen LogP contribution is 2.58. The van der Waals surface area contributed by atoms with Crippen LogP contribution in [0.3, 0.4) is 0 Å². The second kappa shape index (κ2) is 6.65. The van der Waals surface area contributed by atoms with Gasteiger partial charge < -0.3 is 0 Å². The molecule has 0 radical (unpaired) electrons. The number of halogens is 2. The molecule has 0 saturated carbocycles. The predicted molar refractivity (Wildman–Crippen MR) is 118 cm³/mol. The summed E-state index contributed by atoms with van der Waals surface area (Å²) in [6.45, 7) is 0. The lowest BCUT2D eigenvalue weighted by Gasteiger charge is -2.16. The largest absolute Gasteiger partial charge is 0.273 e. The van der Waals surface area contributed by atoms with E-state index in [1.165, 1.54) is 5.11 Å². The van der Waals surface area contributed by atoms with Gasteiger partial charge in [0.1, 0.15) is 0 Å². The lowest BCUT2D eigenvalue weighted by atomic mass is 10.3. The van der Waals surface area contributed by atoms with Crippen LogP contribution in [0.4, 0.5) is 11.4 Å². The van der Waals surface area contributed by atoms with Crippen LogP contribution in [0.1, 0.15) is 0 Å². The molecule has 0 atom stereocenters. The molecule has 26 heavy (non-hydrogen) atoms. The molecule has 0 aromatic heterocycles. The molecule has 130 valence electrons. The van der Waals surface area contributed by atoms with Crippen molar-refractivity contribution in [3.63, 3.8) is 0 Å². The minimum absolute atomic E-state index is 0.0562. The Morgan fingerprint density at radius 3 is 1.54 bits per heavy atom. The summed E-state index contributed by atoms with van der Waals surface area (Å²) >= 11 is 11.9. The Labute approximate surface area is 170 Å². The van der Waals surface area contributed by atoms with Gasteiger partial charge in [-0.15, -0.1) is 0 Å². The molecular weight excluding hydrogens is 427 g/mol. The minimum Gasteiger partial charge on any atom is -0.273 e. The average Bonchev–Trinajstić information content (AvgIpc) is 3.29. The number of amidine groups is 2. The van der Waals surface area contributed by atoms with E-state index in [0.717, 1.165) is 21.7 Å². The highest BCUT2D eigenvalue weighted by molar-refractivity contribution is 9.21. The maximum atomic E-state index is 5.95. The van der Waals surface area contributed by atoms with Crippen molar-refractivity contribution in [3.8, 4) is 0 Å². The summed E-state index contributed by atoms with van der Waals surface area (Å²) in [7, 11) is 3.47. The SMILES string of the molecule is Clc1ccc(N=C2SS3=C4N2C=CN4C(=Nc2ccc(Cl)cc2)S3)cc1. The molecule has 3 aliphatic rings. The number of benzene rings is 2. The summed E-state index contributed by atoms with van der Waals surface area (Å²) in [6.07, 6.45) is 4.09. The Hall–Kier alpha value is -1.38. The van der Waals surface area contributed by atoms with Crippen LogP contribution in [0.2, 0.25) is 10.0 Å². The third-order valence-electron chi connectivity index (χ3n) is 3.74. The number of aliphatic imine (C=N–C) groups is 2. The predicted octanol–water partition coefficient (Wildman–Crippen LogP) is 6.44. The molecule has 3 heterocycles. The van der Waals surface area contributed by atoms with E-state index >= 15 is 0 Å². The Morgan fingerprint density at radius 2 is 1.12 bits per heavy atom. The quantitative estimate of drug-likeness (QED) is 0.400. The maximum absolute atomic E-state index is 5.95. The second-order valence-electron chi connectivity index (χ2n) is 5.46. The van der Waals surface area contributed by atoms with Gasteiger partial charge in [0.25, 0.3) is 0 Å². The number of nitrogens with zero attached hydrogens (tertiary/aromatic N) is 4. The summed E-state index contributed by atoms with van der Waals surface area (Å²) < 4.78 is 0. The van der Waals surface area contributed by atoms with Gasteiger partial charge in [-0.1, -0.05) is 23.2 Å². The number of hydrogen-bond acceptors (Lipinski definition) is 4. The molecule has 9 heteroatoms. The first kappa shape index (κ1) is 16.8. The van der Waals surface area contributed by atoms with Gasteiger partial charge in [-0.2, -0.15) is 0 Å². The Bertz CT molecular complexity index is 934. The van der Waals surface area contributed by atoms with Crippen molar-refractivity contribution in [3.05, 3.63) is 71.0 Å². The molecule has 2 aromatic rings. The monoisotopic (exact) mass is 436 g/mol. The summed E-state index contributed by atoms with van der Waals surface area (Å²) in [6, 6.07) is 15.1. The highest BCUT2D eigenvalue weighted by atomic mass is 35.5. The standard InChI is InChI=1S/C17H10Cl2N4S3/c18-11-1-5-13(6-2-11)20-15-22-9-10-23-16(25-26(24-15)17(22)23)21-14-7-3-12(19)4-8-14/h1-10H. The van der Waals surface area contributed by atoms with Gasteiger partial charge >= 0.3 is 0 Å². The van der Waals surface area contributed by atoms with Crippen LogP contribution >= 0.6 is 53.3 Å². The zero-order chi connectivity index (χ0) is 17.7. The first-order valence-electron chi connectivity index (χ1n) is 7.60. The Kier molecular flexibility index (Phi) is 4.29. The molecule has 0 spiro atoms. The van der Waals surface area contributed by atoms with Gasteiger partial charge in [-0.3, -0.25) is 9.80 Å². The van der Waals surface area contributed by atoms with Gasteiger partial charge in [0.05, 0.1) is 11.4 Å². The summed E-state index contributed by atoms with van der Waals surface area (Å²) in [5.74, 6) is 0. The molecule has 0 N–H and O–H groups in total. The lowest BCUT2D eigenvalue weighted by Crippen LogP contribution is -2.32. The van der Waals surface area contributed by atoms with Crippen LogP contribution in [0.5, 0.6) is 0 Å². The highest BCUT2D eigenvalue weighted by Gasteiger charge is 2.43. The summed E-state index contributed by atoms with van der Waals surface area (Å²) in [5.41, 5.74) is 1.79. The number of hydrogen-bond donors (Lipinski definition) is 0. The second-order valence-corrected chi connectivity index (χ2v) is 11.9. The van der Waals surface area contributed by atoms with E-state index in [1.54, 1.807) is 21.6 Å². The van der Waals surface area contributed by atoms with Crippen LogP contribution in [0.25, 0.3) is 0 Å². The third kappa shape index (κ3) is 2.97. The van der Waals surface area contributed by atoms with Gasteiger partial charge in [0.15, 0.2) is 15.4 Å². The van der Waals surface area contributed by atoms with Crippen LogP contribution < -0.4 is 0 Å². The van der Waals surface area contributed by atoms with E-state index < -0.39 is 0 Å². The van der Waals surface area contributed by atoms with Crippen LogP contribution in [-0.4, -0.2) is 25.2 Å². The van der Waals surface area contributed by atoms with Gasteiger partial charge in [-0.05, 0) is 78.7 Å². The first-order valence-corrected chi connectivity index (χ1v) is 12.3. The average molecular weight is 437 g/mol. The molecular formula is C17H10Cl2N4S3. The van der Waals surface area contributed by atoms with Gasteiger partial charge in [0.2, 0.25) is 0 Å². The van der Waals surface area contributed by atoms with Crippen LogP contribution in [-0.2, 0) is 0 Å². The topological polar surface area (TPSA) is 31.2 Å². The van der Waals surface area contributed by atoms with Crippen molar-refractivity contribution >= 4 is 80.2 Å². The smallest absolute Gasteiger partial charge is 0.185 e. The van der Waals surface area contributed by atoms with Crippen molar-refractivity contribution in [1.82, 2.24) is 9.80 Å². The molecule has 5 rings (SSSR count). The zero-order valence-electron chi connectivity index (χ0n) is 13.0. The van der Waals surface area contributed by atoms with E-state index in [-0.39, 0.29) is 8.55 Å². The molecule has 0 amide bonds. The third-order valence-corrected chi connectivity index (χ3v) is 10.0. The fraction of sp³-hybridized carbons (Fsp3) is 0. The maximum Gasteiger partial charge on any atom is 0.185 e. The molecule has 0 unspecified atom stereocenters. The fourth-order valence-corrected chi connectivity index (χ4v) is 9.14. The molecule has 4 nitrogen and oxygen atoms in total. The van der Waals surface area contributed by atoms with E-state index in [2.05, 4.69) is 9.80 Å².